The van der Waals surface area contributed by atoms with Gasteiger partial charge >= 0.3 is 5.97 Å². The molecule has 28 heavy (non-hydrogen) atoms. The van der Waals surface area contributed by atoms with Crippen LogP contribution in [0.1, 0.15) is 65.7 Å². The Bertz CT molecular complexity index is 729. The first-order chi connectivity index (χ1) is 13.7. The summed E-state index contributed by atoms with van der Waals surface area (Å²) >= 11 is 0. The molecule has 1 unspecified atom stereocenters. The largest absolute Gasteiger partial charge is 0.491 e. The van der Waals surface area contributed by atoms with Crippen LogP contribution in [-0.2, 0) is 4.79 Å². The molecule has 2 aromatic rings. The average molecular weight is 384 g/mol. The summed E-state index contributed by atoms with van der Waals surface area (Å²) in [6, 6.07) is 9.50. The summed E-state index contributed by atoms with van der Waals surface area (Å²) < 4.78 is 11.7. The molecule has 0 radical (unpaired) electrons. The summed E-state index contributed by atoms with van der Waals surface area (Å²) in [4.78, 5) is 16.5. The van der Waals surface area contributed by atoms with Crippen LogP contribution in [0.25, 0.3) is 11.1 Å². The molecule has 1 aromatic heterocycles. The summed E-state index contributed by atoms with van der Waals surface area (Å²) in [5.74, 6) is 0.944. The van der Waals surface area contributed by atoms with Crippen LogP contribution in [0.3, 0.4) is 0 Å². The van der Waals surface area contributed by atoms with Gasteiger partial charge in [-0.2, -0.15) is 0 Å². The monoisotopic (exact) mass is 383 g/mol. The molecular formula is C24H33NO3. The molecule has 1 atom stereocenters. The van der Waals surface area contributed by atoms with E-state index < -0.39 is 0 Å². The number of carbonyl (C=O) groups is 1. The van der Waals surface area contributed by atoms with E-state index in [0.717, 1.165) is 29.7 Å². The molecule has 0 spiro atoms. The van der Waals surface area contributed by atoms with Gasteiger partial charge in [-0.1, -0.05) is 71.1 Å². The van der Waals surface area contributed by atoms with Gasteiger partial charge < -0.3 is 9.47 Å². The maximum absolute atomic E-state index is 12.3. The predicted molar refractivity (Wildman–Crippen MR) is 114 cm³/mol. The van der Waals surface area contributed by atoms with Gasteiger partial charge in [0, 0.05) is 17.3 Å². The van der Waals surface area contributed by atoms with E-state index in [1.54, 1.807) is 12.4 Å². The highest BCUT2D eigenvalue weighted by atomic mass is 16.5. The number of pyridine rings is 1. The summed E-state index contributed by atoms with van der Waals surface area (Å²) in [5.41, 5.74) is 1.74. The van der Waals surface area contributed by atoms with Crippen molar-refractivity contribution in [1.29, 1.82) is 0 Å². The van der Waals surface area contributed by atoms with E-state index in [1.807, 2.05) is 44.2 Å². The van der Waals surface area contributed by atoms with Crippen LogP contribution < -0.4 is 9.47 Å². The van der Waals surface area contributed by atoms with E-state index in [4.69, 9.17) is 9.47 Å². The molecule has 0 N–H and O–H groups in total. The molecule has 1 aromatic carbocycles. The molecule has 152 valence electrons. The molecule has 0 bridgehead atoms. The van der Waals surface area contributed by atoms with Gasteiger partial charge in [0.15, 0.2) is 0 Å². The van der Waals surface area contributed by atoms with Gasteiger partial charge in [0.05, 0.1) is 18.7 Å². The van der Waals surface area contributed by atoms with Gasteiger partial charge in [0.1, 0.15) is 11.5 Å². The van der Waals surface area contributed by atoms with Crippen molar-refractivity contribution < 1.29 is 14.3 Å². The molecule has 2 rings (SSSR count). The molecule has 4 nitrogen and oxygen atoms in total. The molecule has 0 aliphatic rings. The third-order valence-electron chi connectivity index (χ3n) is 4.94. The fourth-order valence-electron chi connectivity index (χ4n) is 2.94. The molecule has 0 saturated heterocycles. The number of hydrogen-bond acceptors (Lipinski definition) is 4. The lowest BCUT2D eigenvalue weighted by atomic mass is 10.0. The number of unbranched alkanes of at least 4 members (excludes halogenated alkanes) is 5. The van der Waals surface area contributed by atoms with E-state index in [1.165, 1.54) is 32.1 Å². The van der Waals surface area contributed by atoms with Crippen molar-refractivity contribution in [2.75, 3.05) is 6.61 Å². The van der Waals surface area contributed by atoms with Crippen LogP contribution in [0.15, 0.2) is 42.7 Å². The predicted octanol–water partition coefficient (Wildman–Crippen LogP) is 6.44. The molecule has 0 amide bonds. The Morgan fingerprint density at radius 2 is 1.68 bits per heavy atom. The summed E-state index contributed by atoms with van der Waals surface area (Å²) in [5, 5.41) is 0. The first kappa shape index (κ1) is 21.9. The van der Waals surface area contributed by atoms with Gasteiger partial charge in [-0.05, 0) is 25.0 Å². The van der Waals surface area contributed by atoms with Crippen LogP contribution in [0.2, 0.25) is 0 Å². The normalized spacial score (nSPS) is 11.8. The molecular weight excluding hydrogens is 350 g/mol. The smallest absolute Gasteiger partial charge is 0.314 e. The first-order valence-corrected chi connectivity index (χ1v) is 10.5. The Kier molecular flexibility index (Phi) is 9.53. The molecule has 1 heterocycles. The van der Waals surface area contributed by atoms with Gasteiger partial charge in [-0.3, -0.25) is 9.78 Å². The van der Waals surface area contributed by atoms with Crippen molar-refractivity contribution in [2.45, 2.75) is 65.7 Å². The quantitative estimate of drug-likeness (QED) is 0.240. The second-order valence-electron chi connectivity index (χ2n) is 7.21. The molecule has 0 aliphatic carbocycles. The Labute approximate surface area is 169 Å². The topological polar surface area (TPSA) is 48.4 Å². The summed E-state index contributed by atoms with van der Waals surface area (Å²) in [6.07, 6.45) is 11.6. The Balaban J connectivity index is 2.06. The number of para-hydroxylation sites is 1. The van der Waals surface area contributed by atoms with Gasteiger partial charge in [0.2, 0.25) is 0 Å². The van der Waals surface area contributed by atoms with Crippen LogP contribution in [0, 0.1) is 5.92 Å². The Morgan fingerprint density at radius 1 is 0.964 bits per heavy atom. The van der Waals surface area contributed by atoms with E-state index >= 15 is 0 Å². The number of hydrogen-bond donors (Lipinski definition) is 0. The minimum Gasteiger partial charge on any atom is -0.491 e. The number of esters is 1. The van der Waals surface area contributed by atoms with Gasteiger partial charge in [-0.25, -0.2) is 0 Å². The zero-order chi connectivity index (χ0) is 20.2. The summed E-state index contributed by atoms with van der Waals surface area (Å²) in [6.45, 7) is 6.76. The highest BCUT2D eigenvalue weighted by Crippen LogP contribution is 2.36. The maximum atomic E-state index is 12.3. The average Bonchev–Trinajstić information content (AvgIpc) is 2.73. The third-order valence-corrected chi connectivity index (χ3v) is 4.94. The number of ether oxygens (including phenoxy) is 2. The SMILES string of the molecule is CCCCCCCCOc1cnccc1-c1ccccc1OC(=O)C(C)CC. The molecule has 0 aliphatic heterocycles. The third kappa shape index (κ3) is 6.66. The highest BCUT2D eigenvalue weighted by molar-refractivity contribution is 5.81. The van der Waals surface area contributed by atoms with E-state index in [-0.39, 0.29) is 11.9 Å². The highest BCUT2D eigenvalue weighted by Gasteiger charge is 2.17. The number of rotatable bonds is 12. The molecule has 0 fully saturated rings. The summed E-state index contributed by atoms with van der Waals surface area (Å²) in [7, 11) is 0. The van der Waals surface area contributed by atoms with Gasteiger partial charge in [0.25, 0.3) is 0 Å². The van der Waals surface area contributed by atoms with Crippen molar-refractivity contribution in [3.63, 3.8) is 0 Å². The van der Waals surface area contributed by atoms with E-state index in [2.05, 4.69) is 11.9 Å². The number of carbonyl (C=O) groups excluding carboxylic acids is 1. The van der Waals surface area contributed by atoms with Crippen LogP contribution in [0.5, 0.6) is 11.5 Å². The second kappa shape index (κ2) is 12.2. The van der Waals surface area contributed by atoms with Crippen molar-refractivity contribution in [3.05, 3.63) is 42.7 Å². The fourth-order valence-corrected chi connectivity index (χ4v) is 2.94. The number of aromatic nitrogens is 1. The number of nitrogens with zero attached hydrogens (tertiary/aromatic N) is 1. The Hall–Kier alpha value is -2.36. The fraction of sp³-hybridized carbons (Fsp3) is 0.500. The van der Waals surface area contributed by atoms with Crippen molar-refractivity contribution >= 4 is 5.97 Å². The zero-order valence-corrected chi connectivity index (χ0v) is 17.4. The lowest BCUT2D eigenvalue weighted by Crippen LogP contribution is -2.17. The van der Waals surface area contributed by atoms with E-state index in [0.29, 0.717) is 12.4 Å². The van der Waals surface area contributed by atoms with Crippen LogP contribution >= 0.6 is 0 Å². The van der Waals surface area contributed by atoms with Crippen molar-refractivity contribution in [2.24, 2.45) is 5.92 Å². The minimum absolute atomic E-state index is 0.131. The standard InChI is InChI=1S/C24H33NO3/c1-4-6-7-8-9-12-17-27-23-18-25-16-15-21(23)20-13-10-11-14-22(20)28-24(26)19(3)5-2/h10-11,13-16,18-19H,4-9,12,17H2,1-3H3. The maximum Gasteiger partial charge on any atom is 0.314 e. The van der Waals surface area contributed by atoms with Crippen LogP contribution in [-0.4, -0.2) is 17.6 Å². The zero-order valence-electron chi connectivity index (χ0n) is 17.4. The van der Waals surface area contributed by atoms with Crippen LogP contribution in [0.4, 0.5) is 0 Å². The lowest BCUT2D eigenvalue weighted by molar-refractivity contribution is -0.138. The van der Waals surface area contributed by atoms with Gasteiger partial charge in [-0.15, -0.1) is 0 Å². The number of benzene rings is 1. The van der Waals surface area contributed by atoms with Crippen molar-refractivity contribution in [3.8, 4) is 22.6 Å². The van der Waals surface area contributed by atoms with Crippen molar-refractivity contribution in [1.82, 2.24) is 4.98 Å². The first-order valence-electron chi connectivity index (χ1n) is 10.5. The second-order valence-corrected chi connectivity index (χ2v) is 7.21. The molecule has 4 heteroatoms. The lowest BCUT2D eigenvalue weighted by Gasteiger charge is -2.15. The molecule has 0 saturated carbocycles. The Morgan fingerprint density at radius 3 is 2.46 bits per heavy atom. The van der Waals surface area contributed by atoms with E-state index in [9.17, 15) is 4.79 Å². The minimum atomic E-state index is -0.210.